The molecule has 1 aromatic rings. The molecular weight excluding hydrogens is 294 g/mol. The van der Waals surface area contributed by atoms with Gasteiger partial charge in [-0.2, -0.15) is 0 Å². The SMILES string of the molecule is CNC(=O)[C@H]1C[C@@H]2CN(C(=O)c3ccoc3C)C[C@@H]2N1C(C)C. The lowest BCUT2D eigenvalue weighted by Crippen LogP contribution is -2.50. The van der Waals surface area contributed by atoms with Gasteiger partial charge >= 0.3 is 0 Å². The first-order chi connectivity index (χ1) is 10.9. The van der Waals surface area contributed by atoms with Gasteiger partial charge in [0, 0.05) is 32.2 Å². The van der Waals surface area contributed by atoms with E-state index in [2.05, 4.69) is 24.1 Å². The number of hydrogen-bond donors (Lipinski definition) is 1. The maximum atomic E-state index is 12.7. The Morgan fingerprint density at radius 2 is 2.09 bits per heavy atom. The van der Waals surface area contributed by atoms with Crippen LogP contribution in [0.4, 0.5) is 0 Å². The van der Waals surface area contributed by atoms with Gasteiger partial charge in [0.25, 0.3) is 5.91 Å². The molecule has 2 aliphatic rings. The summed E-state index contributed by atoms with van der Waals surface area (Å²) in [5, 5.41) is 2.77. The molecule has 0 unspecified atom stereocenters. The average Bonchev–Trinajstić information content (AvgIpc) is 3.18. The molecule has 0 radical (unpaired) electrons. The maximum Gasteiger partial charge on any atom is 0.257 e. The van der Waals surface area contributed by atoms with Crippen molar-refractivity contribution in [3.63, 3.8) is 0 Å². The largest absolute Gasteiger partial charge is 0.469 e. The number of fused-ring (bicyclic) bond motifs is 1. The molecule has 126 valence electrons. The van der Waals surface area contributed by atoms with Crippen LogP contribution in [0.25, 0.3) is 0 Å². The van der Waals surface area contributed by atoms with Gasteiger partial charge in [-0.1, -0.05) is 0 Å². The normalized spacial score (nSPS) is 27.5. The molecule has 0 spiro atoms. The predicted molar refractivity (Wildman–Crippen MR) is 86.1 cm³/mol. The number of likely N-dealkylation sites (N-methyl/N-ethyl adjacent to an activating group) is 1. The van der Waals surface area contributed by atoms with Crippen LogP contribution in [0.15, 0.2) is 16.7 Å². The van der Waals surface area contributed by atoms with Crippen LogP contribution >= 0.6 is 0 Å². The lowest BCUT2D eigenvalue weighted by molar-refractivity contribution is -0.126. The van der Waals surface area contributed by atoms with E-state index in [0.29, 0.717) is 30.3 Å². The fourth-order valence-electron chi connectivity index (χ4n) is 4.16. The number of hydrogen-bond acceptors (Lipinski definition) is 4. The lowest BCUT2D eigenvalue weighted by atomic mass is 10.0. The molecule has 23 heavy (non-hydrogen) atoms. The van der Waals surface area contributed by atoms with Crippen LogP contribution in [0.2, 0.25) is 0 Å². The predicted octanol–water partition coefficient (Wildman–Crippen LogP) is 1.26. The van der Waals surface area contributed by atoms with E-state index in [0.717, 1.165) is 6.42 Å². The number of nitrogens with one attached hydrogen (secondary N) is 1. The molecule has 0 saturated carbocycles. The highest BCUT2D eigenvalue weighted by Gasteiger charge is 2.50. The van der Waals surface area contributed by atoms with Gasteiger partial charge < -0.3 is 14.6 Å². The highest BCUT2D eigenvalue weighted by Crippen LogP contribution is 2.37. The van der Waals surface area contributed by atoms with Crippen molar-refractivity contribution in [1.82, 2.24) is 15.1 Å². The second kappa shape index (κ2) is 6.00. The summed E-state index contributed by atoms with van der Waals surface area (Å²) in [6.45, 7) is 7.43. The Labute approximate surface area is 136 Å². The fourth-order valence-corrected chi connectivity index (χ4v) is 4.16. The Balaban J connectivity index is 1.76. The molecule has 2 amide bonds. The van der Waals surface area contributed by atoms with Gasteiger partial charge in [-0.25, -0.2) is 0 Å². The van der Waals surface area contributed by atoms with Gasteiger partial charge in [0.15, 0.2) is 0 Å². The van der Waals surface area contributed by atoms with Gasteiger partial charge in [0.05, 0.1) is 17.9 Å². The Kier molecular flexibility index (Phi) is 4.19. The number of nitrogens with zero attached hydrogens (tertiary/aromatic N) is 2. The molecule has 0 bridgehead atoms. The fraction of sp³-hybridized carbons (Fsp3) is 0.647. The van der Waals surface area contributed by atoms with E-state index >= 15 is 0 Å². The number of rotatable bonds is 3. The van der Waals surface area contributed by atoms with Crippen molar-refractivity contribution in [2.24, 2.45) is 5.92 Å². The number of carbonyl (C=O) groups excluding carboxylic acids is 2. The Morgan fingerprint density at radius 1 is 1.35 bits per heavy atom. The molecule has 0 aliphatic carbocycles. The zero-order chi connectivity index (χ0) is 16.7. The Morgan fingerprint density at radius 3 is 2.65 bits per heavy atom. The second-order valence-corrected chi connectivity index (χ2v) is 6.83. The maximum absolute atomic E-state index is 12.7. The second-order valence-electron chi connectivity index (χ2n) is 6.83. The highest BCUT2D eigenvalue weighted by molar-refractivity contribution is 5.95. The van der Waals surface area contributed by atoms with Crippen LogP contribution in [-0.4, -0.2) is 59.9 Å². The van der Waals surface area contributed by atoms with Gasteiger partial charge in [-0.15, -0.1) is 0 Å². The number of carbonyl (C=O) groups is 2. The number of amides is 2. The average molecular weight is 319 g/mol. The van der Waals surface area contributed by atoms with Gasteiger partial charge in [0.2, 0.25) is 5.91 Å². The van der Waals surface area contributed by atoms with Crippen LogP contribution in [-0.2, 0) is 4.79 Å². The monoisotopic (exact) mass is 319 g/mol. The molecule has 1 aromatic heterocycles. The van der Waals surface area contributed by atoms with Crippen LogP contribution in [0.3, 0.4) is 0 Å². The zero-order valence-electron chi connectivity index (χ0n) is 14.2. The molecule has 6 heteroatoms. The standard InChI is InChI=1S/C17H25N3O3/c1-10(2)20-14(16(21)18-4)7-12-8-19(9-15(12)20)17(22)13-5-6-23-11(13)3/h5-6,10,12,14-15H,7-9H2,1-4H3,(H,18,21)/t12-,14-,15+/m1/s1. The number of aryl methyl sites for hydroxylation is 1. The Bertz CT molecular complexity index is 610. The van der Waals surface area contributed by atoms with E-state index in [9.17, 15) is 9.59 Å². The van der Waals surface area contributed by atoms with Crippen molar-refractivity contribution < 1.29 is 14.0 Å². The van der Waals surface area contributed by atoms with Gasteiger partial charge in [0.1, 0.15) is 5.76 Å². The molecule has 6 nitrogen and oxygen atoms in total. The van der Waals surface area contributed by atoms with Crippen molar-refractivity contribution in [3.05, 3.63) is 23.7 Å². The first kappa shape index (κ1) is 16.1. The van der Waals surface area contributed by atoms with Crippen molar-refractivity contribution >= 4 is 11.8 Å². The molecule has 2 fully saturated rings. The lowest BCUT2D eigenvalue weighted by Gasteiger charge is -2.33. The Hall–Kier alpha value is -1.82. The summed E-state index contributed by atoms with van der Waals surface area (Å²) in [4.78, 5) is 29.0. The topological polar surface area (TPSA) is 65.8 Å². The van der Waals surface area contributed by atoms with Crippen LogP contribution in [0, 0.1) is 12.8 Å². The first-order valence-corrected chi connectivity index (χ1v) is 8.26. The summed E-state index contributed by atoms with van der Waals surface area (Å²) in [7, 11) is 1.69. The summed E-state index contributed by atoms with van der Waals surface area (Å²) in [6.07, 6.45) is 2.37. The smallest absolute Gasteiger partial charge is 0.257 e. The summed E-state index contributed by atoms with van der Waals surface area (Å²) in [5.41, 5.74) is 0.643. The molecule has 2 saturated heterocycles. The van der Waals surface area contributed by atoms with Crippen LogP contribution < -0.4 is 5.32 Å². The third kappa shape index (κ3) is 2.65. The summed E-state index contributed by atoms with van der Waals surface area (Å²) in [6, 6.07) is 2.19. The molecule has 0 aromatic carbocycles. The van der Waals surface area contributed by atoms with E-state index in [1.54, 1.807) is 19.4 Å². The zero-order valence-corrected chi connectivity index (χ0v) is 14.2. The highest BCUT2D eigenvalue weighted by atomic mass is 16.3. The minimum absolute atomic E-state index is 0.0332. The number of furan rings is 1. The molecule has 2 aliphatic heterocycles. The van der Waals surface area contributed by atoms with Crippen LogP contribution in [0.1, 0.15) is 36.4 Å². The van der Waals surface area contributed by atoms with E-state index in [-0.39, 0.29) is 29.9 Å². The van der Waals surface area contributed by atoms with E-state index in [1.165, 1.54) is 0 Å². The molecule has 1 N–H and O–H groups in total. The van der Waals surface area contributed by atoms with Crippen molar-refractivity contribution in [2.45, 2.75) is 45.3 Å². The number of likely N-dealkylation sites (tertiary alicyclic amines) is 2. The third-order valence-corrected chi connectivity index (χ3v) is 5.20. The minimum Gasteiger partial charge on any atom is -0.469 e. The minimum atomic E-state index is -0.0806. The van der Waals surface area contributed by atoms with Crippen LogP contribution in [0.5, 0.6) is 0 Å². The van der Waals surface area contributed by atoms with Crippen molar-refractivity contribution in [2.75, 3.05) is 20.1 Å². The van der Waals surface area contributed by atoms with E-state index < -0.39 is 0 Å². The third-order valence-electron chi connectivity index (χ3n) is 5.20. The molecule has 3 atom stereocenters. The quantitative estimate of drug-likeness (QED) is 0.911. The van der Waals surface area contributed by atoms with Crippen molar-refractivity contribution in [3.8, 4) is 0 Å². The summed E-state index contributed by atoms with van der Waals surface area (Å²) < 4.78 is 5.25. The summed E-state index contributed by atoms with van der Waals surface area (Å²) >= 11 is 0. The molecular formula is C17H25N3O3. The van der Waals surface area contributed by atoms with Gasteiger partial charge in [-0.3, -0.25) is 14.5 Å². The molecule has 3 heterocycles. The summed E-state index contributed by atoms with van der Waals surface area (Å²) in [5.74, 6) is 1.13. The molecule has 3 rings (SSSR count). The van der Waals surface area contributed by atoms with Crippen molar-refractivity contribution in [1.29, 1.82) is 0 Å². The first-order valence-electron chi connectivity index (χ1n) is 8.26. The van der Waals surface area contributed by atoms with E-state index in [4.69, 9.17) is 4.42 Å². The van der Waals surface area contributed by atoms with E-state index in [1.807, 2.05) is 11.8 Å². The van der Waals surface area contributed by atoms with Gasteiger partial charge in [-0.05, 0) is 39.2 Å².